The van der Waals surface area contributed by atoms with Gasteiger partial charge in [-0.2, -0.15) is 0 Å². The molecular formula is C58H41N5. The lowest BCUT2D eigenvalue weighted by atomic mass is 9.98. The molecule has 11 rings (SSSR count). The van der Waals surface area contributed by atoms with Crippen LogP contribution in [-0.4, -0.2) is 24.1 Å². The number of rotatable bonds is 9. The van der Waals surface area contributed by atoms with E-state index >= 15 is 0 Å². The molecule has 5 heteroatoms. The van der Waals surface area contributed by atoms with Crippen molar-refractivity contribution in [2.24, 2.45) is 0 Å². The SMILES string of the molecule is C=C/C=C\C=C(/C)c1nc(-c2ccc(-c3cccc(-c4ccccc4)c3)cc2)nc(-c2ccc(-n3c4ccccc4c4cc(-n5c6ccccc6c6ccccc65)ccc43)cc2)n1. The van der Waals surface area contributed by atoms with Gasteiger partial charge >= 0.3 is 0 Å². The van der Waals surface area contributed by atoms with Crippen LogP contribution in [0.1, 0.15) is 12.7 Å². The number of allylic oxidation sites excluding steroid dienone is 5. The fraction of sp³-hybridized carbons (Fsp3) is 0.0172. The number of aromatic nitrogens is 5. The molecule has 0 N–H and O–H groups in total. The number of nitrogens with zero attached hydrogens (tertiary/aromatic N) is 5. The minimum Gasteiger partial charge on any atom is -0.309 e. The molecule has 8 aromatic carbocycles. The standard InChI is InChI=1S/C58H41N5/c1-3-4-6-16-39(2)56-59-57(42-29-27-41(28-30-42)45-20-15-19-44(37-45)40-17-7-5-8-18-40)61-58(60-56)43-31-33-46(34-32-43)62-54-26-14-11-23-50(54)51-38-47(35-36-55(51)62)63-52-24-12-9-21-48(52)49-22-10-13-25-53(49)63/h3-38H,1H2,2H3/b6-4-,39-16+. The zero-order valence-electron chi connectivity index (χ0n) is 34.7. The second kappa shape index (κ2) is 15.9. The predicted octanol–water partition coefficient (Wildman–Crippen LogP) is 14.9. The Labute approximate surface area is 365 Å². The normalized spacial score (nSPS) is 12.0. The molecule has 0 aliphatic carbocycles. The van der Waals surface area contributed by atoms with Gasteiger partial charge in [-0.25, -0.2) is 15.0 Å². The fourth-order valence-electron chi connectivity index (χ4n) is 8.82. The van der Waals surface area contributed by atoms with Crippen molar-refractivity contribution in [1.82, 2.24) is 24.1 Å². The topological polar surface area (TPSA) is 48.5 Å². The van der Waals surface area contributed by atoms with E-state index in [-0.39, 0.29) is 0 Å². The monoisotopic (exact) mass is 807 g/mol. The summed E-state index contributed by atoms with van der Waals surface area (Å²) in [5, 5.41) is 4.90. The summed E-state index contributed by atoms with van der Waals surface area (Å²) in [6.07, 6.45) is 7.62. The molecule has 3 heterocycles. The third-order valence-corrected chi connectivity index (χ3v) is 11.9. The van der Waals surface area contributed by atoms with Gasteiger partial charge in [-0.05, 0) is 101 Å². The minimum absolute atomic E-state index is 0.611. The Morgan fingerprint density at radius 2 is 0.857 bits per heavy atom. The van der Waals surface area contributed by atoms with E-state index in [9.17, 15) is 0 Å². The zero-order chi connectivity index (χ0) is 42.3. The van der Waals surface area contributed by atoms with Gasteiger partial charge in [0, 0.05) is 44.0 Å². The van der Waals surface area contributed by atoms with Crippen LogP contribution < -0.4 is 0 Å². The highest BCUT2D eigenvalue weighted by molar-refractivity contribution is 6.12. The third kappa shape index (κ3) is 6.82. The highest BCUT2D eigenvalue weighted by Gasteiger charge is 2.18. The van der Waals surface area contributed by atoms with Gasteiger partial charge < -0.3 is 9.13 Å². The van der Waals surface area contributed by atoms with Gasteiger partial charge in [-0.3, -0.25) is 0 Å². The molecule has 0 radical (unpaired) electrons. The summed E-state index contributed by atoms with van der Waals surface area (Å²) in [4.78, 5) is 15.1. The van der Waals surface area contributed by atoms with Crippen LogP contribution in [0.2, 0.25) is 0 Å². The quantitative estimate of drug-likeness (QED) is 0.137. The van der Waals surface area contributed by atoms with Crippen LogP contribution >= 0.6 is 0 Å². The van der Waals surface area contributed by atoms with Crippen LogP contribution in [0.4, 0.5) is 0 Å². The van der Waals surface area contributed by atoms with Crippen molar-refractivity contribution < 1.29 is 0 Å². The molecule has 0 bridgehead atoms. The Morgan fingerprint density at radius 3 is 1.46 bits per heavy atom. The van der Waals surface area contributed by atoms with Crippen LogP contribution in [0.15, 0.2) is 225 Å². The fourth-order valence-corrected chi connectivity index (χ4v) is 8.82. The highest BCUT2D eigenvalue weighted by atomic mass is 15.0. The molecule has 0 fully saturated rings. The van der Waals surface area contributed by atoms with E-state index in [4.69, 9.17) is 15.0 Å². The second-order valence-electron chi connectivity index (χ2n) is 15.8. The van der Waals surface area contributed by atoms with Gasteiger partial charge in [0.05, 0.1) is 22.1 Å². The predicted molar refractivity (Wildman–Crippen MR) is 263 cm³/mol. The van der Waals surface area contributed by atoms with Crippen LogP contribution in [-0.2, 0) is 0 Å². The molecule has 0 aliphatic rings. The molecule has 0 spiro atoms. The van der Waals surface area contributed by atoms with Gasteiger partial charge in [-0.1, -0.05) is 158 Å². The zero-order valence-corrected chi connectivity index (χ0v) is 34.7. The van der Waals surface area contributed by atoms with Crippen LogP contribution in [0, 0.1) is 0 Å². The van der Waals surface area contributed by atoms with Gasteiger partial charge in [0.25, 0.3) is 0 Å². The first-order valence-corrected chi connectivity index (χ1v) is 21.2. The molecule has 63 heavy (non-hydrogen) atoms. The van der Waals surface area contributed by atoms with Crippen LogP contribution in [0.3, 0.4) is 0 Å². The molecule has 0 saturated carbocycles. The molecule has 3 aromatic heterocycles. The van der Waals surface area contributed by atoms with Gasteiger partial charge in [0.15, 0.2) is 17.5 Å². The lowest BCUT2D eigenvalue weighted by Gasteiger charge is -2.12. The summed E-state index contributed by atoms with van der Waals surface area (Å²) in [6.45, 7) is 5.84. The average molecular weight is 808 g/mol. The van der Waals surface area contributed by atoms with Crippen molar-refractivity contribution >= 4 is 49.2 Å². The molecule has 11 aromatic rings. The summed E-state index contributed by atoms with van der Waals surface area (Å²) >= 11 is 0. The Kier molecular flexibility index (Phi) is 9.48. The first kappa shape index (κ1) is 37.6. The lowest BCUT2D eigenvalue weighted by molar-refractivity contribution is 1.03. The second-order valence-corrected chi connectivity index (χ2v) is 15.8. The summed E-state index contributed by atoms with van der Waals surface area (Å²) in [7, 11) is 0. The Balaban J connectivity index is 0.971. The summed E-state index contributed by atoms with van der Waals surface area (Å²) < 4.78 is 4.73. The number of fused-ring (bicyclic) bond motifs is 6. The largest absolute Gasteiger partial charge is 0.309 e. The van der Waals surface area contributed by atoms with Crippen LogP contribution in [0.25, 0.3) is 106 Å². The van der Waals surface area contributed by atoms with E-state index in [1.807, 2.05) is 31.2 Å². The molecule has 5 nitrogen and oxygen atoms in total. The number of benzene rings is 8. The van der Waals surface area contributed by atoms with E-state index in [1.165, 1.54) is 43.7 Å². The Hall–Kier alpha value is -8.41. The highest BCUT2D eigenvalue weighted by Crippen LogP contribution is 2.37. The maximum atomic E-state index is 5.09. The summed E-state index contributed by atoms with van der Waals surface area (Å²) in [5.41, 5.74) is 14.3. The molecule has 0 atom stereocenters. The maximum absolute atomic E-state index is 5.09. The van der Waals surface area contributed by atoms with Crippen molar-refractivity contribution in [1.29, 1.82) is 0 Å². The van der Waals surface area contributed by atoms with Crippen molar-refractivity contribution in [3.8, 4) is 56.4 Å². The van der Waals surface area contributed by atoms with E-state index in [1.54, 1.807) is 6.08 Å². The van der Waals surface area contributed by atoms with Crippen LogP contribution in [0.5, 0.6) is 0 Å². The number of hydrogen-bond donors (Lipinski definition) is 0. The molecule has 0 aliphatic heterocycles. The molecule has 0 unspecified atom stereocenters. The van der Waals surface area contributed by atoms with Gasteiger partial charge in [-0.15, -0.1) is 0 Å². The van der Waals surface area contributed by atoms with E-state index in [0.717, 1.165) is 50.2 Å². The maximum Gasteiger partial charge on any atom is 0.164 e. The Bertz CT molecular complexity index is 3520. The lowest BCUT2D eigenvalue weighted by Crippen LogP contribution is -2.02. The summed E-state index contributed by atoms with van der Waals surface area (Å²) in [5.74, 6) is 1.85. The van der Waals surface area contributed by atoms with Gasteiger partial charge in [0.2, 0.25) is 0 Å². The molecule has 298 valence electrons. The molecular weight excluding hydrogens is 767 g/mol. The first-order chi connectivity index (χ1) is 31.1. The number of para-hydroxylation sites is 3. The van der Waals surface area contributed by atoms with E-state index in [2.05, 4.69) is 204 Å². The van der Waals surface area contributed by atoms with E-state index < -0.39 is 0 Å². The van der Waals surface area contributed by atoms with Crippen molar-refractivity contribution in [3.05, 3.63) is 231 Å². The van der Waals surface area contributed by atoms with Crippen molar-refractivity contribution in [2.75, 3.05) is 0 Å². The first-order valence-electron chi connectivity index (χ1n) is 21.2. The summed E-state index contributed by atoms with van der Waals surface area (Å²) in [6, 6.07) is 69.0. The average Bonchev–Trinajstić information content (AvgIpc) is 3.87. The number of hydrogen-bond acceptors (Lipinski definition) is 3. The molecule has 0 amide bonds. The van der Waals surface area contributed by atoms with Gasteiger partial charge in [0.1, 0.15) is 0 Å². The minimum atomic E-state index is 0.611. The van der Waals surface area contributed by atoms with Crippen molar-refractivity contribution in [3.63, 3.8) is 0 Å². The Morgan fingerprint density at radius 1 is 0.397 bits per heavy atom. The molecule has 0 saturated heterocycles. The smallest absolute Gasteiger partial charge is 0.164 e. The van der Waals surface area contributed by atoms with E-state index in [0.29, 0.717) is 17.5 Å². The third-order valence-electron chi connectivity index (χ3n) is 11.9. The van der Waals surface area contributed by atoms with Crippen molar-refractivity contribution in [2.45, 2.75) is 6.92 Å².